The largest absolute Gasteiger partial charge is 0.319 e. The molecule has 1 heterocycles. The second-order valence-corrected chi connectivity index (χ2v) is 8.64. The van der Waals surface area contributed by atoms with Gasteiger partial charge >= 0.3 is 0 Å². The van der Waals surface area contributed by atoms with Gasteiger partial charge in [-0.05, 0) is 43.4 Å². The first-order chi connectivity index (χ1) is 8.88. The molecular formula is C16H26N2S. The third-order valence-electron chi connectivity index (χ3n) is 5.09. The van der Waals surface area contributed by atoms with Crippen molar-refractivity contribution in [2.75, 3.05) is 0 Å². The van der Waals surface area contributed by atoms with Gasteiger partial charge in [-0.3, -0.25) is 0 Å². The zero-order valence-corrected chi connectivity index (χ0v) is 13.3. The lowest BCUT2D eigenvalue weighted by molar-refractivity contribution is 0.217. The molecule has 0 saturated heterocycles. The Labute approximate surface area is 120 Å². The summed E-state index contributed by atoms with van der Waals surface area (Å²) < 4.78 is 0. The smallest absolute Gasteiger partial charge is 0.113 e. The van der Waals surface area contributed by atoms with Gasteiger partial charge in [-0.1, -0.05) is 33.6 Å². The molecule has 1 saturated carbocycles. The van der Waals surface area contributed by atoms with Crippen molar-refractivity contribution in [2.24, 2.45) is 17.1 Å². The number of thiazole rings is 1. The van der Waals surface area contributed by atoms with E-state index in [-0.39, 0.29) is 5.54 Å². The quantitative estimate of drug-likeness (QED) is 0.842. The van der Waals surface area contributed by atoms with Crippen molar-refractivity contribution in [3.05, 3.63) is 15.6 Å². The minimum absolute atomic E-state index is 0.0980. The van der Waals surface area contributed by atoms with Crippen LogP contribution in [0.25, 0.3) is 0 Å². The highest BCUT2D eigenvalue weighted by Gasteiger charge is 2.37. The number of aryl methyl sites for hydroxylation is 1. The van der Waals surface area contributed by atoms with Crippen LogP contribution in [0.2, 0.25) is 0 Å². The Balaban J connectivity index is 1.85. The molecular weight excluding hydrogens is 252 g/mol. The molecule has 2 N–H and O–H groups in total. The van der Waals surface area contributed by atoms with Gasteiger partial charge in [-0.15, -0.1) is 11.3 Å². The molecule has 1 atom stereocenters. The summed E-state index contributed by atoms with van der Waals surface area (Å²) in [7, 11) is 0. The summed E-state index contributed by atoms with van der Waals surface area (Å²) in [6, 6.07) is 0. The topological polar surface area (TPSA) is 38.9 Å². The third kappa shape index (κ3) is 2.47. The molecule has 1 unspecified atom stereocenters. The van der Waals surface area contributed by atoms with E-state index in [0.717, 1.165) is 25.2 Å². The Kier molecular flexibility index (Phi) is 3.25. The summed E-state index contributed by atoms with van der Waals surface area (Å²) >= 11 is 1.92. The predicted octanol–water partition coefficient (Wildman–Crippen LogP) is 4.02. The molecule has 1 fully saturated rings. The fourth-order valence-corrected chi connectivity index (χ4v) is 4.89. The van der Waals surface area contributed by atoms with Gasteiger partial charge in [0.25, 0.3) is 0 Å². The third-order valence-corrected chi connectivity index (χ3v) is 6.43. The van der Waals surface area contributed by atoms with Gasteiger partial charge in [-0.25, -0.2) is 4.98 Å². The second kappa shape index (κ2) is 4.56. The summed E-state index contributed by atoms with van der Waals surface area (Å²) in [5.74, 6) is 0.797. The lowest BCUT2D eigenvalue weighted by Crippen LogP contribution is -2.32. The molecule has 2 aliphatic rings. The highest BCUT2D eigenvalue weighted by atomic mass is 32.1. The van der Waals surface area contributed by atoms with E-state index in [1.54, 1.807) is 0 Å². The average Bonchev–Trinajstić information content (AvgIpc) is 2.93. The van der Waals surface area contributed by atoms with E-state index in [1.807, 2.05) is 11.3 Å². The van der Waals surface area contributed by atoms with Crippen LogP contribution < -0.4 is 5.73 Å². The minimum atomic E-state index is -0.0980. The molecule has 1 aromatic heterocycles. The number of fused-ring (bicyclic) bond motifs is 1. The summed E-state index contributed by atoms with van der Waals surface area (Å²) in [6.45, 7) is 7.10. The van der Waals surface area contributed by atoms with E-state index in [0.29, 0.717) is 5.41 Å². The summed E-state index contributed by atoms with van der Waals surface area (Å²) in [6.07, 6.45) is 8.45. The van der Waals surface area contributed by atoms with Crippen molar-refractivity contribution in [1.29, 1.82) is 0 Å². The molecule has 19 heavy (non-hydrogen) atoms. The number of hydrogen-bond donors (Lipinski definition) is 1. The van der Waals surface area contributed by atoms with Gasteiger partial charge in [0.05, 0.1) is 11.2 Å². The van der Waals surface area contributed by atoms with E-state index in [1.165, 1.54) is 41.3 Å². The van der Waals surface area contributed by atoms with Crippen LogP contribution in [0.15, 0.2) is 0 Å². The SMILES string of the molecule is CC(C)(C)C1CCc2nc(C3(N)CCCC3)sc2C1. The summed E-state index contributed by atoms with van der Waals surface area (Å²) in [4.78, 5) is 6.44. The first kappa shape index (κ1) is 13.6. The fraction of sp³-hybridized carbons (Fsp3) is 0.812. The van der Waals surface area contributed by atoms with Crippen molar-refractivity contribution < 1.29 is 0 Å². The molecule has 1 aromatic rings. The van der Waals surface area contributed by atoms with E-state index in [4.69, 9.17) is 10.7 Å². The maximum atomic E-state index is 6.56. The van der Waals surface area contributed by atoms with Crippen LogP contribution in [0.5, 0.6) is 0 Å². The zero-order chi connectivity index (χ0) is 13.7. The van der Waals surface area contributed by atoms with E-state index >= 15 is 0 Å². The maximum Gasteiger partial charge on any atom is 0.113 e. The first-order valence-electron chi connectivity index (χ1n) is 7.66. The number of hydrogen-bond acceptors (Lipinski definition) is 3. The van der Waals surface area contributed by atoms with Gasteiger partial charge < -0.3 is 5.73 Å². The van der Waals surface area contributed by atoms with Crippen LogP contribution in [0.3, 0.4) is 0 Å². The molecule has 2 aliphatic carbocycles. The number of rotatable bonds is 1. The van der Waals surface area contributed by atoms with E-state index in [9.17, 15) is 0 Å². The van der Waals surface area contributed by atoms with Crippen molar-refractivity contribution in [3.8, 4) is 0 Å². The van der Waals surface area contributed by atoms with E-state index in [2.05, 4.69) is 20.8 Å². The number of nitrogens with zero attached hydrogens (tertiary/aromatic N) is 1. The minimum Gasteiger partial charge on any atom is -0.319 e. The van der Waals surface area contributed by atoms with Crippen molar-refractivity contribution in [2.45, 2.75) is 71.3 Å². The average molecular weight is 278 g/mol. The molecule has 3 heteroatoms. The van der Waals surface area contributed by atoms with Gasteiger partial charge in [-0.2, -0.15) is 0 Å². The van der Waals surface area contributed by atoms with Crippen molar-refractivity contribution in [1.82, 2.24) is 4.98 Å². The second-order valence-electron chi connectivity index (χ2n) is 7.56. The molecule has 3 rings (SSSR count). The standard InChI is InChI=1S/C16H26N2S/c1-15(2,3)11-6-7-12-13(10-11)19-14(18-12)16(17)8-4-5-9-16/h11H,4-10,17H2,1-3H3. The molecule has 2 nitrogen and oxygen atoms in total. The Morgan fingerprint density at radius 3 is 2.58 bits per heavy atom. The molecule has 0 spiro atoms. The van der Waals surface area contributed by atoms with Crippen LogP contribution >= 0.6 is 11.3 Å². The maximum absolute atomic E-state index is 6.56. The Hall–Kier alpha value is -0.410. The van der Waals surface area contributed by atoms with Crippen LogP contribution in [0.4, 0.5) is 0 Å². The highest BCUT2D eigenvalue weighted by Crippen LogP contribution is 2.43. The van der Waals surface area contributed by atoms with Crippen LogP contribution in [-0.2, 0) is 18.4 Å². The lowest BCUT2D eigenvalue weighted by Gasteiger charge is -2.33. The van der Waals surface area contributed by atoms with E-state index < -0.39 is 0 Å². The molecule has 0 bridgehead atoms. The molecule has 0 radical (unpaired) electrons. The summed E-state index contributed by atoms with van der Waals surface area (Å²) in [5, 5.41) is 1.23. The molecule has 0 aliphatic heterocycles. The summed E-state index contributed by atoms with van der Waals surface area (Å²) in [5.41, 5.74) is 8.23. The van der Waals surface area contributed by atoms with Crippen molar-refractivity contribution in [3.63, 3.8) is 0 Å². The van der Waals surface area contributed by atoms with Crippen LogP contribution in [-0.4, -0.2) is 4.98 Å². The lowest BCUT2D eigenvalue weighted by atomic mass is 9.73. The fourth-order valence-electron chi connectivity index (χ4n) is 3.55. The van der Waals surface area contributed by atoms with Crippen molar-refractivity contribution >= 4 is 11.3 Å². The van der Waals surface area contributed by atoms with Gasteiger partial charge in [0.15, 0.2) is 0 Å². The first-order valence-corrected chi connectivity index (χ1v) is 8.48. The number of aromatic nitrogens is 1. The van der Waals surface area contributed by atoms with Gasteiger partial charge in [0.2, 0.25) is 0 Å². The monoisotopic (exact) mass is 278 g/mol. The zero-order valence-electron chi connectivity index (χ0n) is 12.5. The van der Waals surface area contributed by atoms with Gasteiger partial charge in [0, 0.05) is 4.88 Å². The predicted molar refractivity (Wildman–Crippen MR) is 81.4 cm³/mol. The number of nitrogens with two attached hydrogens (primary N) is 1. The highest BCUT2D eigenvalue weighted by molar-refractivity contribution is 7.11. The normalized spacial score (nSPS) is 26.4. The Morgan fingerprint density at radius 2 is 1.95 bits per heavy atom. The van der Waals surface area contributed by atoms with Crippen LogP contribution in [0.1, 0.15) is 68.5 Å². The molecule has 0 amide bonds. The Morgan fingerprint density at radius 1 is 1.26 bits per heavy atom. The molecule has 106 valence electrons. The molecule has 0 aromatic carbocycles. The van der Waals surface area contributed by atoms with Gasteiger partial charge in [0.1, 0.15) is 5.01 Å². The van der Waals surface area contributed by atoms with Crippen LogP contribution in [0, 0.1) is 11.3 Å². The Bertz CT molecular complexity index is 464.